The van der Waals surface area contributed by atoms with Gasteiger partial charge in [0.2, 0.25) is 10.0 Å². The molecule has 32 heavy (non-hydrogen) atoms. The van der Waals surface area contributed by atoms with E-state index in [2.05, 4.69) is 5.32 Å². The van der Waals surface area contributed by atoms with E-state index < -0.39 is 26.7 Å². The predicted molar refractivity (Wildman–Crippen MR) is 115 cm³/mol. The fourth-order valence-corrected chi connectivity index (χ4v) is 5.47. The van der Waals surface area contributed by atoms with Gasteiger partial charge >= 0.3 is 6.18 Å². The van der Waals surface area contributed by atoms with Crippen LogP contribution in [0.5, 0.6) is 0 Å². The number of carbonyl (C=O) groups excluding carboxylic acids is 1. The molecule has 0 aromatic heterocycles. The van der Waals surface area contributed by atoms with Gasteiger partial charge in [-0.05, 0) is 29.7 Å². The maximum absolute atomic E-state index is 13.3. The molecule has 1 fully saturated rings. The third kappa shape index (κ3) is 5.48. The molecule has 0 atom stereocenters. The van der Waals surface area contributed by atoms with Crippen molar-refractivity contribution < 1.29 is 31.3 Å². The van der Waals surface area contributed by atoms with Crippen LogP contribution >= 0.6 is 0 Å². The van der Waals surface area contributed by atoms with Gasteiger partial charge in [-0.15, -0.1) is 0 Å². The van der Waals surface area contributed by atoms with Gasteiger partial charge < -0.3 is 10.2 Å². The molecule has 0 bridgehead atoms. The van der Waals surface area contributed by atoms with Crippen molar-refractivity contribution >= 4 is 21.6 Å². The van der Waals surface area contributed by atoms with Crippen molar-refractivity contribution in [2.24, 2.45) is 0 Å². The number of carbonyl (C=O) groups is 1. The average Bonchev–Trinajstić information content (AvgIpc) is 2.73. The third-order valence-electron chi connectivity index (χ3n) is 5.51. The molecule has 1 amide bonds. The lowest BCUT2D eigenvalue weighted by Gasteiger charge is -2.31. The van der Waals surface area contributed by atoms with Crippen molar-refractivity contribution in [1.29, 1.82) is 0 Å². The molecule has 0 radical (unpaired) electrons. The number of para-hydroxylation sites is 1. The molecular formula is C22H27F3N3O3S+. The van der Waals surface area contributed by atoms with E-state index >= 15 is 0 Å². The maximum atomic E-state index is 13.3. The van der Waals surface area contributed by atoms with Crippen molar-refractivity contribution in [3.63, 3.8) is 0 Å². The first kappa shape index (κ1) is 24.2. The number of nitrogens with one attached hydrogen (secondary N) is 2. The highest BCUT2D eigenvalue weighted by Gasteiger charge is 2.40. The number of hydrogen-bond acceptors (Lipinski definition) is 3. The Morgan fingerprint density at radius 1 is 1.06 bits per heavy atom. The normalized spacial score (nSPS) is 16.3. The van der Waals surface area contributed by atoms with E-state index in [9.17, 15) is 26.4 Å². The Balaban J connectivity index is 1.63. The van der Waals surface area contributed by atoms with Crippen LogP contribution in [0.3, 0.4) is 0 Å². The van der Waals surface area contributed by atoms with Crippen LogP contribution in [0.25, 0.3) is 0 Å². The topological polar surface area (TPSA) is 70.9 Å². The summed E-state index contributed by atoms with van der Waals surface area (Å²) in [6.45, 7) is 4.96. The Bertz CT molecular complexity index is 1060. The van der Waals surface area contributed by atoms with Crippen molar-refractivity contribution in [1.82, 2.24) is 4.31 Å². The molecule has 174 valence electrons. The van der Waals surface area contributed by atoms with E-state index in [1.807, 2.05) is 38.1 Å². The third-order valence-corrected chi connectivity index (χ3v) is 7.46. The van der Waals surface area contributed by atoms with E-state index in [4.69, 9.17) is 0 Å². The van der Waals surface area contributed by atoms with Crippen molar-refractivity contribution in [2.45, 2.75) is 30.8 Å². The minimum absolute atomic E-state index is 0.0414. The van der Waals surface area contributed by atoms with Gasteiger partial charge in [0.05, 0.1) is 36.6 Å². The number of sulfonamides is 1. The fourth-order valence-electron chi connectivity index (χ4n) is 3.82. The summed E-state index contributed by atoms with van der Waals surface area (Å²) >= 11 is 0. The standard InChI is InChI=1S/C22H26F3N3O3S/c1-16(2)17-7-3-5-9-19(17)26-21(29)15-27-11-13-28(14-12-27)32(30,31)20-10-6-4-8-18(20)22(23,24)25/h3-10,16H,11-15H2,1-2H3,(H,26,29)/p+1. The first-order valence-corrected chi connectivity index (χ1v) is 11.8. The van der Waals surface area contributed by atoms with Gasteiger partial charge in [0.1, 0.15) is 0 Å². The second kappa shape index (κ2) is 9.60. The predicted octanol–water partition coefficient (Wildman–Crippen LogP) is 2.36. The van der Waals surface area contributed by atoms with Crippen LogP contribution in [-0.4, -0.2) is 51.4 Å². The molecule has 1 aliphatic heterocycles. The average molecular weight is 471 g/mol. The lowest BCUT2D eigenvalue weighted by Crippen LogP contribution is -3.15. The minimum atomic E-state index is -4.76. The number of nitrogens with zero attached hydrogens (tertiary/aromatic N) is 1. The van der Waals surface area contributed by atoms with Gasteiger partial charge in [-0.3, -0.25) is 4.79 Å². The molecule has 1 saturated heterocycles. The number of anilines is 1. The monoisotopic (exact) mass is 470 g/mol. The highest BCUT2D eigenvalue weighted by atomic mass is 32.2. The fraction of sp³-hybridized carbons (Fsp3) is 0.409. The van der Waals surface area contributed by atoms with E-state index in [1.54, 1.807) is 0 Å². The van der Waals surface area contributed by atoms with Crippen LogP contribution in [0, 0.1) is 0 Å². The molecule has 2 aromatic rings. The minimum Gasteiger partial charge on any atom is -0.325 e. The lowest BCUT2D eigenvalue weighted by molar-refractivity contribution is -0.895. The quantitative estimate of drug-likeness (QED) is 0.681. The summed E-state index contributed by atoms with van der Waals surface area (Å²) in [7, 11) is -4.29. The first-order valence-electron chi connectivity index (χ1n) is 10.4. The SMILES string of the molecule is CC(C)c1ccccc1NC(=O)C[NH+]1CCN(S(=O)(=O)c2ccccc2C(F)(F)F)CC1. The molecule has 0 spiro atoms. The lowest BCUT2D eigenvalue weighted by atomic mass is 10.0. The van der Waals surface area contributed by atoms with Crippen molar-refractivity contribution in [3.8, 4) is 0 Å². The van der Waals surface area contributed by atoms with Crippen LogP contribution in [-0.2, 0) is 21.0 Å². The molecular weight excluding hydrogens is 443 g/mol. The van der Waals surface area contributed by atoms with Crippen LogP contribution in [0.4, 0.5) is 18.9 Å². The molecule has 1 heterocycles. The van der Waals surface area contributed by atoms with Gasteiger partial charge in [-0.1, -0.05) is 44.2 Å². The number of piperazine rings is 1. The zero-order valence-corrected chi connectivity index (χ0v) is 18.8. The van der Waals surface area contributed by atoms with Gasteiger partial charge in [-0.25, -0.2) is 8.42 Å². The second-order valence-electron chi connectivity index (χ2n) is 8.11. The Labute approximate surface area is 186 Å². The summed E-state index contributed by atoms with van der Waals surface area (Å²) in [5, 5.41) is 2.91. The first-order chi connectivity index (χ1) is 15.0. The highest BCUT2D eigenvalue weighted by molar-refractivity contribution is 7.89. The number of alkyl halides is 3. The van der Waals surface area contributed by atoms with Gasteiger partial charge in [-0.2, -0.15) is 17.5 Å². The van der Waals surface area contributed by atoms with Crippen LogP contribution in [0.2, 0.25) is 0 Å². The molecule has 6 nitrogen and oxygen atoms in total. The number of quaternary nitrogens is 1. The maximum Gasteiger partial charge on any atom is 0.417 e. The van der Waals surface area contributed by atoms with E-state index in [1.165, 1.54) is 12.1 Å². The Morgan fingerprint density at radius 3 is 2.28 bits per heavy atom. The molecule has 1 aliphatic rings. The molecule has 10 heteroatoms. The second-order valence-corrected chi connectivity index (χ2v) is 10.0. The molecule has 0 unspecified atom stereocenters. The van der Waals surface area contributed by atoms with Crippen molar-refractivity contribution in [3.05, 3.63) is 59.7 Å². The summed E-state index contributed by atoms with van der Waals surface area (Å²) in [5.74, 6) is 0.0546. The highest BCUT2D eigenvalue weighted by Crippen LogP contribution is 2.35. The van der Waals surface area contributed by atoms with Crippen LogP contribution in [0.1, 0.15) is 30.9 Å². The summed E-state index contributed by atoms with van der Waals surface area (Å²) in [4.78, 5) is 12.7. The number of halogens is 3. The molecule has 0 saturated carbocycles. The Hall–Kier alpha value is -2.43. The Morgan fingerprint density at radius 2 is 1.66 bits per heavy atom. The smallest absolute Gasteiger partial charge is 0.325 e. The zero-order valence-electron chi connectivity index (χ0n) is 17.9. The molecule has 2 aromatic carbocycles. The van der Waals surface area contributed by atoms with E-state index in [-0.39, 0.29) is 31.5 Å². The number of amides is 1. The van der Waals surface area contributed by atoms with Crippen molar-refractivity contribution in [2.75, 3.05) is 38.0 Å². The van der Waals surface area contributed by atoms with Crippen LogP contribution in [0.15, 0.2) is 53.4 Å². The number of benzene rings is 2. The molecule has 2 N–H and O–H groups in total. The van der Waals surface area contributed by atoms with Crippen LogP contribution < -0.4 is 10.2 Å². The van der Waals surface area contributed by atoms with Gasteiger partial charge in [0.15, 0.2) is 6.54 Å². The molecule has 0 aliphatic carbocycles. The molecule has 3 rings (SSSR count). The van der Waals surface area contributed by atoms with E-state index in [0.717, 1.165) is 32.6 Å². The summed E-state index contributed by atoms with van der Waals surface area (Å²) in [5.41, 5.74) is 0.602. The largest absolute Gasteiger partial charge is 0.417 e. The summed E-state index contributed by atoms with van der Waals surface area (Å²) in [6, 6.07) is 11.7. The zero-order chi connectivity index (χ0) is 23.5. The summed E-state index contributed by atoms with van der Waals surface area (Å²) in [6.07, 6.45) is -4.76. The summed E-state index contributed by atoms with van der Waals surface area (Å²) < 4.78 is 66.6. The van der Waals surface area contributed by atoms with Gasteiger partial charge in [0, 0.05) is 5.69 Å². The number of rotatable bonds is 6. The van der Waals surface area contributed by atoms with Gasteiger partial charge in [0.25, 0.3) is 5.91 Å². The van der Waals surface area contributed by atoms with E-state index in [0.29, 0.717) is 13.1 Å². The Kier molecular flexibility index (Phi) is 7.26. The number of hydrogen-bond donors (Lipinski definition) is 2.